The molecule has 0 saturated heterocycles. The molecule has 1 atom stereocenters. The number of carbonyl (C=O) groups is 3. The summed E-state index contributed by atoms with van der Waals surface area (Å²) in [5, 5.41) is 0. The smallest absolute Gasteiger partial charge is 0.306 e. The van der Waals surface area contributed by atoms with Gasteiger partial charge in [-0.05, 0) is 83.5 Å². The second-order valence-corrected chi connectivity index (χ2v) is 17.4. The summed E-state index contributed by atoms with van der Waals surface area (Å²) in [6, 6.07) is 0. The standard InChI is InChI=1S/C56H98O6/c1-4-7-10-13-16-19-22-25-27-29-31-34-37-40-43-46-49-55(58)61-52-53(51-60-54(57)48-45-42-39-36-33-30-24-21-18-15-12-9-6-3)62-56(59)50-47-44-41-38-35-32-28-26-23-20-17-14-11-8-5-2/h7,10,16,19,25,27,30-31,33-34,53H,4-6,8-9,11-15,17-18,20-24,26,28-29,32,35-52H2,1-3H3/b10-7-,19-16-,27-25-,33-30-,34-31-. The lowest BCUT2D eigenvalue weighted by Gasteiger charge is -2.18. The van der Waals surface area contributed by atoms with Gasteiger partial charge in [0, 0.05) is 19.3 Å². The van der Waals surface area contributed by atoms with E-state index in [1.807, 2.05) is 0 Å². The highest BCUT2D eigenvalue weighted by Crippen LogP contribution is 2.15. The Labute approximate surface area is 383 Å². The van der Waals surface area contributed by atoms with Crippen molar-refractivity contribution in [3.63, 3.8) is 0 Å². The maximum Gasteiger partial charge on any atom is 0.306 e. The first-order valence-corrected chi connectivity index (χ1v) is 26.3. The average Bonchev–Trinajstić information content (AvgIpc) is 3.27. The fraction of sp³-hybridized carbons (Fsp3) is 0.768. The van der Waals surface area contributed by atoms with Crippen LogP contribution in [0.3, 0.4) is 0 Å². The van der Waals surface area contributed by atoms with Crippen molar-refractivity contribution in [1.82, 2.24) is 0 Å². The Balaban J connectivity index is 4.43. The lowest BCUT2D eigenvalue weighted by Crippen LogP contribution is -2.30. The molecule has 0 aliphatic carbocycles. The predicted molar refractivity (Wildman–Crippen MR) is 265 cm³/mol. The number of rotatable bonds is 47. The van der Waals surface area contributed by atoms with Crippen molar-refractivity contribution in [2.45, 2.75) is 264 Å². The van der Waals surface area contributed by atoms with E-state index in [1.54, 1.807) is 0 Å². The number of esters is 3. The third-order valence-electron chi connectivity index (χ3n) is 11.3. The molecule has 0 aromatic heterocycles. The Morgan fingerprint density at radius 2 is 0.629 bits per heavy atom. The molecule has 0 rings (SSSR count). The molecule has 0 aliphatic heterocycles. The molecule has 0 aromatic carbocycles. The van der Waals surface area contributed by atoms with Crippen LogP contribution in [0.15, 0.2) is 60.8 Å². The molecule has 0 bridgehead atoms. The Bertz CT molecular complexity index is 1130. The zero-order chi connectivity index (χ0) is 45.1. The highest BCUT2D eigenvalue weighted by molar-refractivity contribution is 5.71. The second kappa shape index (κ2) is 50.8. The summed E-state index contributed by atoms with van der Waals surface area (Å²) in [6.45, 7) is 6.49. The first-order chi connectivity index (χ1) is 30.5. The van der Waals surface area contributed by atoms with Gasteiger partial charge in [0.25, 0.3) is 0 Å². The van der Waals surface area contributed by atoms with Crippen LogP contribution in [0.1, 0.15) is 258 Å². The van der Waals surface area contributed by atoms with Crippen LogP contribution in [0, 0.1) is 0 Å². The van der Waals surface area contributed by atoms with E-state index >= 15 is 0 Å². The Morgan fingerprint density at radius 3 is 1.02 bits per heavy atom. The first kappa shape index (κ1) is 59.1. The van der Waals surface area contributed by atoms with Gasteiger partial charge in [-0.25, -0.2) is 0 Å². The molecule has 0 aromatic rings. The van der Waals surface area contributed by atoms with E-state index in [0.717, 1.165) is 103 Å². The summed E-state index contributed by atoms with van der Waals surface area (Å²) < 4.78 is 16.8. The fourth-order valence-electron chi connectivity index (χ4n) is 7.31. The van der Waals surface area contributed by atoms with Crippen molar-refractivity contribution < 1.29 is 28.6 Å². The lowest BCUT2D eigenvalue weighted by atomic mass is 10.0. The van der Waals surface area contributed by atoms with E-state index < -0.39 is 6.10 Å². The minimum atomic E-state index is -0.790. The zero-order valence-corrected chi connectivity index (χ0v) is 40.9. The normalized spacial score (nSPS) is 12.5. The van der Waals surface area contributed by atoms with Crippen LogP contribution in [0.4, 0.5) is 0 Å². The monoisotopic (exact) mass is 867 g/mol. The van der Waals surface area contributed by atoms with Crippen LogP contribution in [0.25, 0.3) is 0 Å². The van der Waals surface area contributed by atoms with Crippen molar-refractivity contribution in [3.8, 4) is 0 Å². The summed E-state index contributed by atoms with van der Waals surface area (Å²) in [4.78, 5) is 38.0. The molecule has 62 heavy (non-hydrogen) atoms. The van der Waals surface area contributed by atoms with Crippen LogP contribution < -0.4 is 0 Å². The Kier molecular flexibility index (Phi) is 48.4. The molecule has 0 fully saturated rings. The molecular weight excluding hydrogens is 769 g/mol. The number of hydrogen-bond acceptors (Lipinski definition) is 6. The van der Waals surface area contributed by atoms with Gasteiger partial charge in [-0.15, -0.1) is 0 Å². The van der Waals surface area contributed by atoms with Gasteiger partial charge in [0.1, 0.15) is 13.2 Å². The van der Waals surface area contributed by atoms with E-state index in [-0.39, 0.29) is 31.1 Å². The summed E-state index contributed by atoms with van der Waals surface area (Å²) >= 11 is 0. The van der Waals surface area contributed by atoms with Gasteiger partial charge in [-0.1, -0.05) is 216 Å². The van der Waals surface area contributed by atoms with Gasteiger partial charge in [0.05, 0.1) is 0 Å². The highest BCUT2D eigenvalue weighted by Gasteiger charge is 2.19. The maximum atomic E-state index is 12.8. The SMILES string of the molecule is CC/C=C\C/C=C\C/C=C\C/C=C\CCCCCC(=O)OCC(COC(=O)CCCCC/C=C\CCCCCCCC)OC(=O)CCCCCCCCCCCCCCCCC. The number of hydrogen-bond donors (Lipinski definition) is 0. The van der Waals surface area contributed by atoms with E-state index in [1.165, 1.54) is 116 Å². The van der Waals surface area contributed by atoms with Crippen LogP contribution >= 0.6 is 0 Å². The van der Waals surface area contributed by atoms with Crippen molar-refractivity contribution in [2.24, 2.45) is 0 Å². The number of carbonyl (C=O) groups excluding carboxylic acids is 3. The van der Waals surface area contributed by atoms with Gasteiger partial charge < -0.3 is 14.2 Å². The van der Waals surface area contributed by atoms with Crippen molar-refractivity contribution >= 4 is 17.9 Å². The number of ether oxygens (including phenoxy) is 3. The van der Waals surface area contributed by atoms with Gasteiger partial charge >= 0.3 is 17.9 Å². The largest absolute Gasteiger partial charge is 0.462 e. The summed E-state index contributed by atoms with van der Waals surface area (Å²) in [5.74, 6) is -0.930. The van der Waals surface area contributed by atoms with E-state index in [4.69, 9.17) is 14.2 Å². The molecule has 0 amide bonds. The average molecular weight is 867 g/mol. The molecule has 0 heterocycles. The minimum absolute atomic E-state index is 0.0905. The molecule has 0 spiro atoms. The maximum absolute atomic E-state index is 12.8. The van der Waals surface area contributed by atoms with Gasteiger partial charge in [-0.2, -0.15) is 0 Å². The van der Waals surface area contributed by atoms with Gasteiger partial charge in [0.2, 0.25) is 0 Å². The van der Waals surface area contributed by atoms with Crippen molar-refractivity contribution in [3.05, 3.63) is 60.8 Å². The van der Waals surface area contributed by atoms with Crippen LogP contribution in [0.2, 0.25) is 0 Å². The molecule has 0 aliphatic rings. The summed E-state index contributed by atoms with van der Waals surface area (Å²) in [6.07, 6.45) is 62.0. The summed E-state index contributed by atoms with van der Waals surface area (Å²) in [5.41, 5.74) is 0. The Hall–Kier alpha value is -2.89. The van der Waals surface area contributed by atoms with Crippen LogP contribution in [-0.4, -0.2) is 37.2 Å². The molecule has 0 radical (unpaired) electrons. The molecule has 358 valence electrons. The Morgan fingerprint density at radius 1 is 0.339 bits per heavy atom. The molecule has 6 nitrogen and oxygen atoms in total. The lowest BCUT2D eigenvalue weighted by molar-refractivity contribution is -0.167. The van der Waals surface area contributed by atoms with Crippen LogP contribution in [0.5, 0.6) is 0 Å². The van der Waals surface area contributed by atoms with Gasteiger partial charge in [-0.3, -0.25) is 14.4 Å². The molecule has 0 N–H and O–H groups in total. The van der Waals surface area contributed by atoms with Crippen LogP contribution in [-0.2, 0) is 28.6 Å². The van der Waals surface area contributed by atoms with Crippen molar-refractivity contribution in [2.75, 3.05) is 13.2 Å². The van der Waals surface area contributed by atoms with Crippen molar-refractivity contribution in [1.29, 1.82) is 0 Å². The van der Waals surface area contributed by atoms with E-state index in [9.17, 15) is 14.4 Å². The quantitative estimate of drug-likeness (QED) is 0.0262. The first-order valence-electron chi connectivity index (χ1n) is 26.3. The molecule has 1 unspecified atom stereocenters. The minimum Gasteiger partial charge on any atom is -0.462 e. The fourth-order valence-corrected chi connectivity index (χ4v) is 7.31. The van der Waals surface area contributed by atoms with E-state index in [2.05, 4.69) is 81.5 Å². The zero-order valence-electron chi connectivity index (χ0n) is 40.9. The third-order valence-corrected chi connectivity index (χ3v) is 11.3. The predicted octanol–water partition coefficient (Wildman–Crippen LogP) is 17.3. The molecule has 0 saturated carbocycles. The van der Waals surface area contributed by atoms with Gasteiger partial charge in [0.15, 0.2) is 6.10 Å². The molecule has 6 heteroatoms. The topological polar surface area (TPSA) is 78.9 Å². The summed E-state index contributed by atoms with van der Waals surface area (Å²) in [7, 11) is 0. The second-order valence-electron chi connectivity index (χ2n) is 17.4. The molecular formula is C56H98O6. The highest BCUT2D eigenvalue weighted by atomic mass is 16.6. The van der Waals surface area contributed by atoms with E-state index in [0.29, 0.717) is 19.3 Å². The number of unbranched alkanes of at least 4 members (excludes halogenated alkanes) is 26. The number of allylic oxidation sites excluding steroid dienone is 10. The third kappa shape index (κ3) is 48.1.